The summed E-state index contributed by atoms with van der Waals surface area (Å²) < 4.78 is 11.8. The zero-order valence-electron chi connectivity index (χ0n) is 23.2. The molecule has 0 saturated carbocycles. The molecule has 0 spiro atoms. The van der Waals surface area contributed by atoms with Crippen LogP contribution >= 0.6 is 0 Å². The summed E-state index contributed by atoms with van der Waals surface area (Å²) in [6.45, 7) is 11.6. The Bertz CT molecular complexity index is 1240. The van der Waals surface area contributed by atoms with E-state index in [9.17, 15) is 14.7 Å². The number of rotatable bonds is 13. The number of carbonyl (C=O) groups excluding carboxylic acids is 1. The Labute approximate surface area is 224 Å². The molecule has 0 aliphatic heterocycles. The highest BCUT2D eigenvalue weighted by Gasteiger charge is 2.31. The molecule has 204 valence electrons. The molecule has 0 radical (unpaired) electrons. The first-order valence-electron chi connectivity index (χ1n) is 13.0. The summed E-state index contributed by atoms with van der Waals surface area (Å²) in [5.74, 6) is 0.366. The number of aryl methyl sites for hydroxylation is 3. The summed E-state index contributed by atoms with van der Waals surface area (Å²) in [5, 5.41) is 9.49. The average molecular weight is 522 g/mol. The van der Waals surface area contributed by atoms with Crippen LogP contribution in [-0.2, 0) is 22.7 Å². The number of aliphatic carboxylic acids is 1. The maximum atomic E-state index is 12.6. The maximum absolute atomic E-state index is 12.6. The van der Waals surface area contributed by atoms with Gasteiger partial charge in [-0.15, -0.1) is 0 Å². The third-order valence-corrected chi connectivity index (χ3v) is 6.64. The quantitative estimate of drug-likeness (QED) is 0.302. The SMILES string of the molecule is CCCCC(C(N)=O)N(Cc1cc(C)c(OC(C)(C)C(=O)O)c(C)c1)Cc1nc(-c2ccccc2)oc1C. The van der Waals surface area contributed by atoms with E-state index in [1.54, 1.807) is 0 Å². The molecule has 2 aromatic carbocycles. The van der Waals surface area contributed by atoms with E-state index in [1.807, 2.05) is 68.1 Å². The molecule has 38 heavy (non-hydrogen) atoms. The molecule has 1 aromatic heterocycles. The number of ether oxygens (including phenoxy) is 1. The van der Waals surface area contributed by atoms with Crippen molar-refractivity contribution in [3.05, 3.63) is 70.6 Å². The van der Waals surface area contributed by atoms with Crippen molar-refractivity contribution in [1.29, 1.82) is 0 Å². The number of hydrogen-bond acceptors (Lipinski definition) is 6. The van der Waals surface area contributed by atoms with Gasteiger partial charge in [0, 0.05) is 18.7 Å². The zero-order chi connectivity index (χ0) is 28.0. The molecule has 0 aliphatic carbocycles. The Morgan fingerprint density at radius 3 is 2.29 bits per heavy atom. The smallest absolute Gasteiger partial charge is 0.347 e. The van der Waals surface area contributed by atoms with Crippen molar-refractivity contribution in [2.75, 3.05) is 0 Å². The van der Waals surface area contributed by atoms with Crippen molar-refractivity contribution in [1.82, 2.24) is 9.88 Å². The number of unbranched alkanes of at least 4 members (excludes halogenated alkanes) is 1. The van der Waals surface area contributed by atoms with Gasteiger partial charge in [0.25, 0.3) is 0 Å². The van der Waals surface area contributed by atoms with Crippen LogP contribution in [0.2, 0.25) is 0 Å². The second-order valence-corrected chi connectivity index (χ2v) is 10.3. The number of carboxylic acid groups (broad SMARTS) is 1. The fourth-order valence-electron chi connectivity index (χ4n) is 4.48. The Kier molecular flexibility index (Phi) is 9.33. The van der Waals surface area contributed by atoms with Crippen LogP contribution in [-0.4, -0.2) is 38.5 Å². The van der Waals surface area contributed by atoms with Crippen LogP contribution in [0.1, 0.15) is 68.2 Å². The number of amides is 1. The summed E-state index contributed by atoms with van der Waals surface area (Å²) in [4.78, 5) is 31.0. The average Bonchev–Trinajstić information content (AvgIpc) is 3.22. The van der Waals surface area contributed by atoms with Crippen LogP contribution in [0.3, 0.4) is 0 Å². The minimum absolute atomic E-state index is 0.375. The van der Waals surface area contributed by atoms with Crippen molar-refractivity contribution in [2.24, 2.45) is 5.73 Å². The van der Waals surface area contributed by atoms with E-state index in [1.165, 1.54) is 13.8 Å². The third kappa shape index (κ3) is 7.01. The lowest BCUT2D eigenvalue weighted by Crippen LogP contribution is -2.44. The molecule has 0 saturated heterocycles. The predicted octanol–water partition coefficient (Wildman–Crippen LogP) is 5.56. The van der Waals surface area contributed by atoms with Gasteiger partial charge in [-0.2, -0.15) is 0 Å². The summed E-state index contributed by atoms with van der Waals surface area (Å²) >= 11 is 0. The fourth-order valence-corrected chi connectivity index (χ4v) is 4.48. The van der Waals surface area contributed by atoms with Crippen molar-refractivity contribution >= 4 is 11.9 Å². The number of carbonyl (C=O) groups is 2. The maximum Gasteiger partial charge on any atom is 0.347 e. The number of oxazole rings is 1. The number of nitrogens with two attached hydrogens (primary N) is 1. The lowest BCUT2D eigenvalue weighted by molar-refractivity contribution is -0.152. The highest BCUT2D eigenvalue weighted by Crippen LogP contribution is 2.30. The molecule has 8 nitrogen and oxygen atoms in total. The van der Waals surface area contributed by atoms with Crippen molar-refractivity contribution < 1.29 is 23.8 Å². The van der Waals surface area contributed by atoms with Crippen LogP contribution in [0.5, 0.6) is 5.75 Å². The summed E-state index contributed by atoms with van der Waals surface area (Å²) in [6.07, 6.45) is 2.45. The minimum Gasteiger partial charge on any atom is -0.478 e. The molecule has 0 fully saturated rings. The molecule has 0 bridgehead atoms. The minimum atomic E-state index is -1.36. The van der Waals surface area contributed by atoms with Crippen LogP contribution in [0.4, 0.5) is 0 Å². The van der Waals surface area contributed by atoms with Gasteiger partial charge < -0.3 is 20.0 Å². The summed E-state index contributed by atoms with van der Waals surface area (Å²) in [5.41, 5.74) is 8.79. The molecule has 3 aromatic rings. The van der Waals surface area contributed by atoms with E-state index in [0.29, 0.717) is 36.9 Å². The second kappa shape index (κ2) is 12.3. The number of hydrogen-bond donors (Lipinski definition) is 2. The molecular weight excluding hydrogens is 482 g/mol. The van der Waals surface area contributed by atoms with Crippen LogP contribution in [0.15, 0.2) is 46.9 Å². The number of primary amides is 1. The molecule has 1 heterocycles. The third-order valence-electron chi connectivity index (χ3n) is 6.64. The molecule has 1 atom stereocenters. The summed E-state index contributed by atoms with van der Waals surface area (Å²) in [7, 11) is 0. The largest absolute Gasteiger partial charge is 0.478 e. The number of aromatic nitrogens is 1. The molecule has 0 aliphatic rings. The summed E-state index contributed by atoms with van der Waals surface area (Å²) in [6, 6.07) is 13.2. The van der Waals surface area contributed by atoms with E-state index in [4.69, 9.17) is 19.9 Å². The monoisotopic (exact) mass is 521 g/mol. The lowest BCUT2D eigenvalue weighted by atomic mass is 10.0. The highest BCUT2D eigenvalue weighted by molar-refractivity contribution is 5.79. The van der Waals surface area contributed by atoms with E-state index in [-0.39, 0.29) is 5.91 Å². The van der Waals surface area contributed by atoms with Crippen molar-refractivity contribution in [3.63, 3.8) is 0 Å². The van der Waals surface area contributed by atoms with Crippen LogP contribution in [0.25, 0.3) is 11.5 Å². The molecule has 1 amide bonds. The van der Waals surface area contributed by atoms with Gasteiger partial charge in [0.05, 0.1) is 11.7 Å². The Morgan fingerprint density at radius 1 is 1.11 bits per heavy atom. The predicted molar refractivity (Wildman–Crippen MR) is 147 cm³/mol. The van der Waals surface area contributed by atoms with Gasteiger partial charge in [0.15, 0.2) is 5.60 Å². The van der Waals surface area contributed by atoms with E-state index >= 15 is 0 Å². The fraction of sp³-hybridized carbons (Fsp3) is 0.433. The molecule has 8 heteroatoms. The van der Waals surface area contributed by atoms with Gasteiger partial charge in [0.2, 0.25) is 11.8 Å². The molecule has 3 N–H and O–H groups in total. The number of nitrogens with zero attached hydrogens (tertiary/aromatic N) is 2. The Morgan fingerprint density at radius 2 is 1.74 bits per heavy atom. The standard InChI is InChI=1S/C30H39N3O5/c1-7-8-14-25(27(31)34)33(18-24-21(4)37-28(32-24)23-12-10-9-11-13-23)17-22-15-19(2)26(20(3)16-22)38-30(5,6)29(35)36/h9-13,15-16,25H,7-8,14,17-18H2,1-6H3,(H2,31,34)(H,35,36). The van der Waals surface area contributed by atoms with Gasteiger partial charge >= 0.3 is 5.97 Å². The number of carboxylic acids is 1. The molecular formula is C30H39N3O5. The van der Waals surface area contributed by atoms with E-state index in [0.717, 1.165) is 40.8 Å². The zero-order valence-corrected chi connectivity index (χ0v) is 23.2. The first-order chi connectivity index (χ1) is 17.9. The first-order valence-corrected chi connectivity index (χ1v) is 13.0. The van der Waals surface area contributed by atoms with E-state index < -0.39 is 17.6 Å². The van der Waals surface area contributed by atoms with Gasteiger partial charge in [-0.05, 0) is 69.9 Å². The van der Waals surface area contributed by atoms with Gasteiger partial charge in [-0.1, -0.05) is 50.1 Å². The van der Waals surface area contributed by atoms with Gasteiger partial charge in [0.1, 0.15) is 11.5 Å². The molecule has 3 rings (SSSR count). The highest BCUT2D eigenvalue weighted by atomic mass is 16.5. The van der Waals surface area contributed by atoms with Gasteiger partial charge in [-0.3, -0.25) is 9.69 Å². The lowest BCUT2D eigenvalue weighted by Gasteiger charge is -2.30. The van der Waals surface area contributed by atoms with Crippen molar-refractivity contribution in [2.45, 2.75) is 85.5 Å². The normalized spacial score (nSPS) is 12.5. The van der Waals surface area contributed by atoms with Crippen LogP contribution < -0.4 is 10.5 Å². The van der Waals surface area contributed by atoms with Gasteiger partial charge in [-0.25, -0.2) is 9.78 Å². The Hall–Kier alpha value is -3.65. The Balaban J connectivity index is 1.94. The number of benzene rings is 2. The molecule has 1 unspecified atom stereocenters. The van der Waals surface area contributed by atoms with E-state index in [2.05, 4.69) is 6.92 Å². The topological polar surface area (TPSA) is 119 Å². The first kappa shape index (κ1) is 28.9. The van der Waals surface area contributed by atoms with Crippen LogP contribution in [0, 0.1) is 20.8 Å². The second-order valence-electron chi connectivity index (χ2n) is 10.3. The van der Waals surface area contributed by atoms with Crippen molar-refractivity contribution in [3.8, 4) is 17.2 Å².